The molecule has 0 aliphatic heterocycles. The number of hydrogen-bond donors (Lipinski definition) is 2. The average Bonchev–Trinajstić information content (AvgIpc) is 2.60. The topological polar surface area (TPSA) is 83.5 Å². The average molecular weight is 207 g/mol. The second kappa shape index (κ2) is 3.63. The van der Waals surface area contributed by atoms with Crippen molar-refractivity contribution < 1.29 is 18.3 Å². The van der Waals surface area contributed by atoms with Gasteiger partial charge < -0.3 is 5.11 Å². The first-order valence-electron chi connectivity index (χ1n) is 4.07. The van der Waals surface area contributed by atoms with Crippen molar-refractivity contribution in [1.82, 2.24) is 4.72 Å². The van der Waals surface area contributed by atoms with Gasteiger partial charge in [-0.2, -0.15) is 0 Å². The quantitative estimate of drug-likeness (QED) is 0.653. The molecule has 0 saturated heterocycles. The number of sulfonamides is 1. The Labute approximate surface area is 77.2 Å². The third-order valence-corrected chi connectivity index (χ3v) is 2.68. The number of rotatable bonds is 5. The molecule has 0 bridgehead atoms. The van der Waals surface area contributed by atoms with Crippen LogP contribution in [0.1, 0.15) is 19.3 Å². The molecular weight excluding hydrogens is 194 g/mol. The molecule has 1 aliphatic carbocycles. The normalized spacial score (nSPS) is 19.8. The highest BCUT2D eigenvalue weighted by molar-refractivity contribution is 7.88. The Balaban J connectivity index is 2.52. The molecule has 13 heavy (non-hydrogen) atoms. The minimum atomic E-state index is -3.29. The van der Waals surface area contributed by atoms with Crippen LogP contribution < -0.4 is 4.72 Å². The molecule has 0 amide bonds. The number of aliphatic carboxylic acids is 1. The summed E-state index contributed by atoms with van der Waals surface area (Å²) in [6.45, 7) is 0. The van der Waals surface area contributed by atoms with E-state index >= 15 is 0 Å². The van der Waals surface area contributed by atoms with Gasteiger partial charge in [0.2, 0.25) is 10.0 Å². The zero-order chi connectivity index (χ0) is 10.1. The lowest BCUT2D eigenvalue weighted by molar-refractivity contribution is -0.137. The summed E-state index contributed by atoms with van der Waals surface area (Å²) >= 11 is 0. The highest BCUT2D eigenvalue weighted by atomic mass is 32.2. The summed E-state index contributed by atoms with van der Waals surface area (Å²) in [7, 11) is -3.29. The van der Waals surface area contributed by atoms with Crippen molar-refractivity contribution in [3.63, 3.8) is 0 Å². The van der Waals surface area contributed by atoms with E-state index in [0.29, 0.717) is 0 Å². The van der Waals surface area contributed by atoms with E-state index in [0.717, 1.165) is 19.1 Å². The molecule has 1 fully saturated rings. The molecule has 0 aromatic heterocycles. The molecule has 0 aromatic rings. The molecular formula is C7H13NO4S. The van der Waals surface area contributed by atoms with Gasteiger partial charge in [0.05, 0.1) is 12.7 Å². The highest BCUT2D eigenvalue weighted by Crippen LogP contribution is 2.34. The maximum absolute atomic E-state index is 10.9. The Hall–Kier alpha value is -0.620. The van der Waals surface area contributed by atoms with E-state index in [-0.39, 0.29) is 12.3 Å². The van der Waals surface area contributed by atoms with E-state index in [1.165, 1.54) is 0 Å². The summed E-state index contributed by atoms with van der Waals surface area (Å²) in [5, 5.41) is 8.52. The lowest BCUT2D eigenvalue weighted by Gasteiger charge is -2.13. The lowest BCUT2D eigenvalue weighted by atomic mass is 10.1. The number of nitrogens with one attached hydrogen (secondary N) is 1. The summed E-state index contributed by atoms with van der Waals surface area (Å²) in [4.78, 5) is 10.4. The number of carboxylic acid groups (broad SMARTS) is 1. The first-order chi connectivity index (χ1) is 5.88. The smallest absolute Gasteiger partial charge is 0.304 e. The first-order valence-corrected chi connectivity index (χ1v) is 5.97. The monoisotopic (exact) mass is 207 g/mol. The third-order valence-electron chi connectivity index (χ3n) is 1.95. The molecule has 0 aromatic carbocycles. The molecule has 5 nitrogen and oxygen atoms in total. The van der Waals surface area contributed by atoms with Crippen LogP contribution in [0.3, 0.4) is 0 Å². The van der Waals surface area contributed by atoms with E-state index < -0.39 is 22.0 Å². The van der Waals surface area contributed by atoms with Gasteiger partial charge in [-0.25, -0.2) is 13.1 Å². The molecule has 1 rings (SSSR count). The molecule has 1 aliphatic rings. The van der Waals surface area contributed by atoms with Crippen molar-refractivity contribution in [1.29, 1.82) is 0 Å². The predicted octanol–water partition coefficient (Wildman–Crippen LogP) is -0.211. The van der Waals surface area contributed by atoms with Crippen LogP contribution in [0.5, 0.6) is 0 Å². The Morgan fingerprint density at radius 1 is 1.62 bits per heavy atom. The van der Waals surface area contributed by atoms with Crippen LogP contribution in [0, 0.1) is 5.92 Å². The van der Waals surface area contributed by atoms with Gasteiger partial charge in [0.1, 0.15) is 0 Å². The molecule has 6 heteroatoms. The van der Waals surface area contributed by atoms with Crippen LogP contribution >= 0.6 is 0 Å². The summed E-state index contributed by atoms with van der Waals surface area (Å²) in [6.07, 6.45) is 2.75. The van der Waals surface area contributed by atoms with Gasteiger partial charge in [0.15, 0.2) is 0 Å². The van der Waals surface area contributed by atoms with Gasteiger partial charge in [-0.15, -0.1) is 0 Å². The SMILES string of the molecule is CS(=O)(=O)NC(CC(=O)O)C1CC1. The van der Waals surface area contributed by atoms with E-state index in [9.17, 15) is 13.2 Å². The Morgan fingerprint density at radius 3 is 2.46 bits per heavy atom. The molecule has 0 heterocycles. The Morgan fingerprint density at radius 2 is 2.15 bits per heavy atom. The van der Waals surface area contributed by atoms with E-state index in [1.54, 1.807) is 0 Å². The van der Waals surface area contributed by atoms with Crippen molar-refractivity contribution in [2.24, 2.45) is 5.92 Å². The van der Waals surface area contributed by atoms with Gasteiger partial charge >= 0.3 is 5.97 Å². The summed E-state index contributed by atoms with van der Waals surface area (Å²) in [5.74, 6) is -0.751. The second-order valence-electron chi connectivity index (χ2n) is 3.43. The maximum atomic E-state index is 10.9. The van der Waals surface area contributed by atoms with Gasteiger partial charge in [-0.3, -0.25) is 4.79 Å². The van der Waals surface area contributed by atoms with E-state index in [1.807, 2.05) is 0 Å². The molecule has 0 radical (unpaired) electrons. The molecule has 1 atom stereocenters. The van der Waals surface area contributed by atoms with E-state index in [4.69, 9.17) is 5.11 Å². The lowest BCUT2D eigenvalue weighted by Crippen LogP contribution is -2.37. The third kappa shape index (κ3) is 4.23. The van der Waals surface area contributed by atoms with Gasteiger partial charge in [0, 0.05) is 6.04 Å². The molecule has 1 unspecified atom stereocenters. The Bertz CT molecular complexity index is 294. The molecule has 0 spiro atoms. The number of carboxylic acids is 1. The van der Waals surface area contributed by atoms with Crippen molar-refractivity contribution in [2.75, 3.05) is 6.26 Å². The first kappa shape index (κ1) is 10.5. The fraction of sp³-hybridized carbons (Fsp3) is 0.857. The Kier molecular flexibility index (Phi) is 2.92. The second-order valence-corrected chi connectivity index (χ2v) is 5.21. The zero-order valence-electron chi connectivity index (χ0n) is 7.36. The maximum Gasteiger partial charge on any atom is 0.304 e. The number of hydrogen-bond acceptors (Lipinski definition) is 3. The van der Waals surface area contributed by atoms with Crippen LogP contribution in [0.15, 0.2) is 0 Å². The van der Waals surface area contributed by atoms with Crippen LogP contribution in [0.2, 0.25) is 0 Å². The van der Waals surface area contributed by atoms with Gasteiger partial charge in [-0.05, 0) is 18.8 Å². The summed E-state index contributed by atoms with van der Waals surface area (Å²) in [6, 6.07) is -0.424. The molecule has 2 N–H and O–H groups in total. The minimum absolute atomic E-state index is 0.127. The van der Waals surface area contributed by atoms with Crippen molar-refractivity contribution in [3.8, 4) is 0 Å². The van der Waals surface area contributed by atoms with Crippen LogP contribution in [-0.4, -0.2) is 31.8 Å². The summed E-state index contributed by atoms with van der Waals surface area (Å²) in [5.41, 5.74) is 0. The van der Waals surface area contributed by atoms with Crippen LogP contribution in [0.25, 0.3) is 0 Å². The van der Waals surface area contributed by atoms with E-state index in [2.05, 4.69) is 4.72 Å². The fourth-order valence-corrected chi connectivity index (χ4v) is 2.09. The minimum Gasteiger partial charge on any atom is -0.481 e. The largest absolute Gasteiger partial charge is 0.481 e. The number of carbonyl (C=O) groups is 1. The zero-order valence-corrected chi connectivity index (χ0v) is 8.17. The van der Waals surface area contributed by atoms with Crippen LogP contribution in [0.4, 0.5) is 0 Å². The van der Waals surface area contributed by atoms with Crippen LogP contribution in [-0.2, 0) is 14.8 Å². The molecule has 1 saturated carbocycles. The molecule has 76 valence electrons. The summed E-state index contributed by atoms with van der Waals surface area (Å²) < 4.78 is 24.0. The highest BCUT2D eigenvalue weighted by Gasteiger charge is 2.34. The standard InChI is InChI=1S/C7H13NO4S/c1-13(11,12)8-6(4-7(9)10)5-2-3-5/h5-6,8H,2-4H2,1H3,(H,9,10). The van der Waals surface area contributed by atoms with Crippen molar-refractivity contribution in [3.05, 3.63) is 0 Å². The fourth-order valence-electron chi connectivity index (χ4n) is 1.27. The predicted molar refractivity (Wildman–Crippen MR) is 46.7 cm³/mol. The van der Waals surface area contributed by atoms with Crippen molar-refractivity contribution >= 4 is 16.0 Å². The van der Waals surface area contributed by atoms with Crippen molar-refractivity contribution in [2.45, 2.75) is 25.3 Å². The van der Waals surface area contributed by atoms with Gasteiger partial charge in [-0.1, -0.05) is 0 Å². The van der Waals surface area contributed by atoms with Gasteiger partial charge in [0.25, 0.3) is 0 Å².